The van der Waals surface area contributed by atoms with Crippen molar-refractivity contribution < 1.29 is 5.11 Å². The van der Waals surface area contributed by atoms with Gasteiger partial charge in [-0.15, -0.1) is 0 Å². The standard InChI is InChI=1S/C18H28N4O/c1-5-10-22-15(3)18(14(2)20-22)13-19-16-6-8-17(9-7-16)21(4)11-12-23/h6-9,19,23H,5,10-13H2,1-4H3. The first kappa shape index (κ1) is 17.3. The first-order valence-electron chi connectivity index (χ1n) is 8.25. The number of hydrogen-bond acceptors (Lipinski definition) is 4. The number of nitrogens with one attached hydrogen (secondary N) is 1. The Labute approximate surface area is 138 Å². The van der Waals surface area contributed by atoms with Crippen LogP contribution in [0.5, 0.6) is 0 Å². The van der Waals surface area contributed by atoms with Gasteiger partial charge in [0.15, 0.2) is 0 Å². The van der Waals surface area contributed by atoms with E-state index >= 15 is 0 Å². The molecule has 5 nitrogen and oxygen atoms in total. The van der Waals surface area contributed by atoms with E-state index in [0.717, 1.165) is 36.6 Å². The molecular weight excluding hydrogens is 288 g/mol. The van der Waals surface area contributed by atoms with Gasteiger partial charge < -0.3 is 15.3 Å². The van der Waals surface area contributed by atoms with Gasteiger partial charge >= 0.3 is 0 Å². The summed E-state index contributed by atoms with van der Waals surface area (Å²) in [5.74, 6) is 0. The van der Waals surface area contributed by atoms with Gasteiger partial charge in [0.05, 0.1) is 12.3 Å². The van der Waals surface area contributed by atoms with Gasteiger partial charge in [0, 0.05) is 49.3 Å². The molecule has 0 aliphatic carbocycles. The topological polar surface area (TPSA) is 53.3 Å². The molecule has 0 amide bonds. The second-order valence-corrected chi connectivity index (χ2v) is 5.92. The van der Waals surface area contributed by atoms with E-state index in [1.165, 1.54) is 11.3 Å². The number of nitrogens with zero attached hydrogens (tertiary/aromatic N) is 3. The Hall–Kier alpha value is -2.01. The Kier molecular flexibility index (Phi) is 6.04. The van der Waals surface area contributed by atoms with E-state index in [4.69, 9.17) is 5.11 Å². The molecule has 126 valence electrons. The van der Waals surface area contributed by atoms with Crippen LogP contribution in [0.4, 0.5) is 11.4 Å². The van der Waals surface area contributed by atoms with Crippen LogP contribution in [0, 0.1) is 13.8 Å². The predicted molar refractivity (Wildman–Crippen MR) is 96.1 cm³/mol. The maximum absolute atomic E-state index is 8.99. The molecule has 5 heteroatoms. The van der Waals surface area contributed by atoms with Crippen LogP contribution in [-0.2, 0) is 13.1 Å². The lowest BCUT2D eigenvalue weighted by Crippen LogP contribution is -2.20. The Balaban J connectivity index is 2.01. The highest BCUT2D eigenvalue weighted by molar-refractivity contribution is 5.55. The third-order valence-corrected chi connectivity index (χ3v) is 4.18. The van der Waals surface area contributed by atoms with Gasteiger partial charge in [0.25, 0.3) is 0 Å². The van der Waals surface area contributed by atoms with E-state index in [2.05, 4.69) is 60.1 Å². The summed E-state index contributed by atoms with van der Waals surface area (Å²) in [7, 11) is 1.98. The molecule has 2 rings (SSSR count). The summed E-state index contributed by atoms with van der Waals surface area (Å²) in [6.45, 7) is 8.94. The van der Waals surface area contributed by atoms with Crippen molar-refractivity contribution in [2.75, 3.05) is 30.4 Å². The van der Waals surface area contributed by atoms with E-state index in [9.17, 15) is 0 Å². The largest absolute Gasteiger partial charge is 0.395 e. The van der Waals surface area contributed by atoms with Gasteiger partial charge in [-0.3, -0.25) is 4.68 Å². The number of likely N-dealkylation sites (N-methyl/N-ethyl adjacent to an activating group) is 1. The minimum atomic E-state index is 0.163. The third kappa shape index (κ3) is 4.26. The smallest absolute Gasteiger partial charge is 0.0646 e. The molecule has 0 bridgehead atoms. The maximum Gasteiger partial charge on any atom is 0.0646 e. The Morgan fingerprint density at radius 3 is 2.52 bits per heavy atom. The number of benzene rings is 1. The molecule has 0 aliphatic heterocycles. The van der Waals surface area contributed by atoms with Crippen LogP contribution >= 0.6 is 0 Å². The van der Waals surface area contributed by atoms with E-state index in [1.807, 2.05) is 11.9 Å². The predicted octanol–water partition coefficient (Wildman–Crippen LogP) is 2.95. The van der Waals surface area contributed by atoms with Crippen molar-refractivity contribution in [1.82, 2.24) is 9.78 Å². The zero-order chi connectivity index (χ0) is 16.8. The van der Waals surface area contributed by atoms with E-state index in [-0.39, 0.29) is 6.61 Å². The molecule has 0 spiro atoms. The number of rotatable bonds is 8. The molecule has 1 aromatic heterocycles. The van der Waals surface area contributed by atoms with Crippen LogP contribution in [-0.4, -0.2) is 35.1 Å². The Morgan fingerprint density at radius 1 is 1.22 bits per heavy atom. The zero-order valence-electron chi connectivity index (χ0n) is 14.6. The summed E-state index contributed by atoms with van der Waals surface area (Å²) < 4.78 is 2.10. The average molecular weight is 316 g/mol. The van der Waals surface area contributed by atoms with Crippen LogP contribution in [0.2, 0.25) is 0 Å². The summed E-state index contributed by atoms with van der Waals surface area (Å²) in [4.78, 5) is 2.03. The van der Waals surface area contributed by atoms with Crippen LogP contribution in [0.1, 0.15) is 30.3 Å². The number of hydrogen-bond donors (Lipinski definition) is 2. The van der Waals surface area contributed by atoms with Crippen molar-refractivity contribution in [3.63, 3.8) is 0 Å². The monoisotopic (exact) mass is 316 g/mol. The normalized spacial score (nSPS) is 10.8. The molecule has 2 aromatic rings. The number of aromatic nitrogens is 2. The highest BCUT2D eigenvalue weighted by Gasteiger charge is 2.10. The van der Waals surface area contributed by atoms with Crippen LogP contribution in [0.15, 0.2) is 24.3 Å². The molecule has 23 heavy (non-hydrogen) atoms. The zero-order valence-corrected chi connectivity index (χ0v) is 14.6. The maximum atomic E-state index is 8.99. The average Bonchev–Trinajstić information content (AvgIpc) is 2.80. The fourth-order valence-corrected chi connectivity index (χ4v) is 2.72. The lowest BCUT2D eigenvalue weighted by molar-refractivity contribution is 0.304. The fraction of sp³-hybridized carbons (Fsp3) is 0.500. The van der Waals surface area contributed by atoms with Crippen LogP contribution in [0.25, 0.3) is 0 Å². The molecule has 0 unspecified atom stereocenters. The van der Waals surface area contributed by atoms with E-state index in [0.29, 0.717) is 6.54 Å². The van der Waals surface area contributed by atoms with Crippen molar-refractivity contribution in [2.45, 2.75) is 40.3 Å². The van der Waals surface area contributed by atoms with Gasteiger partial charge in [-0.2, -0.15) is 5.10 Å². The fourth-order valence-electron chi connectivity index (χ4n) is 2.72. The SMILES string of the molecule is CCCn1nc(C)c(CNc2ccc(N(C)CCO)cc2)c1C. The highest BCUT2D eigenvalue weighted by Crippen LogP contribution is 2.19. The Morgan fingerprint density at radius 2 is 1.91 bits per heavy atom. The van der Waals surface area contributed by atoms with Gasteiger partial charge in [-0.05, 0) is 44.5 Å². The van der Waals surface area contributed by atoms with E-state index in [1.54, 1.807) is 0 Å². The lowest BCUT2D eigenvalue weighted by atomic mass is 10.2. The van der Waals surface area contributed by atoms with Gasteiger partial charge in [0.1, 0.15) is 0 Å². The highest BCUT2D eigenvalue weighted by atomic mass is 16.3. The van der Waals surface area contributed by atoms with Crippen molar-refractivity contribution >= 4 is 11.4 Å². The molecule has 1 aromatic carbocycles. The molecule has 0 atom stereocenters. The minimum absolute atomic E-state index is 0.163. The molecule has 0 saturated heterocycles. The lowest BCUT2D eigenvalue weighted by Gasteiger charge is -2.18. The van der Waals surface area contributed by atoms with Gasteiger partial charge in [0.2, 0.25) is 0 Å². The first-order valence-corrected chi connectivity index (χ1v) is 8.25. The summed E-state index contributed by atoms with van der Waals surface area (Å²) in [6.07, 6.45) is 1.09. The second kappa shape index (κ2) is 8.02. The number of aryl methyl sites for hydroxylation is 2. The van der Waals surface area contributed by atoms with Gasteiger partial charge in [-0.25, -0.2) is 0 Å². The number of aliphatic hydroxyl groups is 1. The molecule has 1 heterocycles. The van der Waals surface area contributed by atoms with E-state index < -0.39 is 0 Å². The molecular formula is C18H28N4O. The summed E-state index contributed by atoms with van der Waals surface area (Å²) >= 11 is 0. The summed E-state index contributed by atoms with van der Waals surface area (Å²) in [6, 6.07) is 8.28. The third-order valence-electron chi connectivity index (χ3n) is 4.18. The molecule has 0 aliphatic rings. The quantitative estimate of drug-likeness (QED) is 0.786. The van der Waals surface area contributed by atoms with Gasteiger partial charge in [-0.1, -0.05) is 6.92 Å². The summed E-state index contributed by atoms with van der Waals surface area (Å²) in [5.41, 5.74) is 5.82. The van der Waals surface area contributed by atoms with Crippen molar-refractivity contribution in [3.8, 4) is 0 Å². The van der Waals surface area contributed by atoms with Crippen molar-refractivity contribution in [3.05, 3.63) is 41.2 Å². The van der Waals surface area contributed by atoms with Crippen LogP contribution in [0.3, 0.4) is 0 Å². The molecule has 0 saturated carbocycles. The van der Waals surface area contributed by atoms with Crippen LogP contribution < -0.4 is 10.2 Å². The first-order chi connectivity index (χ1) is 11.1. The summed E-state index contributed by atoms with van der Waals surface area (Å²) in [5, 5.41) is 17.1. The Bertz CT molecular complexity index is 619. The molecule has 0 fully saturated rings. The molecule has 0 radical (unpaired) electrons. The minimum Gasteiger partial charge on any atom is -0.395 e. The number of aliphatic hydroxyl groups excluding tert-OH is 1. The van der Waals surface area contributed by atoms with Crippen molar-refractivity contribution in [1.29, 1.82) is 0 Å². The second-order valence-electron chi connectivity index (χ2n) is 5.92. The molecule has 2 N–H and O–H groups in total. The number of anilines is 2. The van der Waals surface area contributed by atoms with Crippen molar-refractivity contribution in [2.24, 2.45) is 0 Å².